The third-order valence-electron chi connectivity index (χ3n) is 4.33. The maximum absolute atomic E-state index is 12.4. The van der Waals surface area contributed by atoms with Crippen LogP contribution in [0.4, 0.5) is 0 Å². The van der Waals surface area contributed by atoms with Crippen LogP contribution in [0.3, 0.4) is 0 Å². The molecule has 0 saturated heterocycles. The number of aryl methyl sites for hydroxylation is 1. The van der Waals surface area contributed by atoms with Gasteiger partial charge in [-0.25, -0.2) is 0 Å². The maximum atomic E-state index is 12.4. The van der Waals surface area contributed by atoms with Crippen molar-refractivity contribution in [3.05, 3.63) is 59.7 Å². The van der Waals surface area contributed by atoms with Gasteiger partial charge in [-0.2, -0.15) is 0 Å². The molecular weight excluding hydrogens is 302 g/mol. The molecule has 0 aliphatic carbocycles. The lowest BCUT2D eigenvalue weighted by molar-refractivity contribution is -0.126. The molecule has 0 saturated carbocycles. The van der Waals surface area contributed by atoms with E-state index in [9.17, 15) is 4.79 Å². The third kappa shape index (κ3) is 4.07. The molecule has 4 heteroatoms. The normalized spacial score (nSPS) is 16.0. The Bertz CT molecular complexity index is 685. The topological polar surface area (TPSA) is 47.6 Å². The number of amides is 1. The molecule has 1 heterocycles. The van der Waals surface area contributed by atoms with Crippen molar-refractivity contribution in [3.8, 4) is 11.5 Å². The smallest absolute Gasteiger partial charge is 0.226 e. The average molecular weight is 325 g/mol. The standard InChI is InChI=1S/C20H23NO3/c1-23-18-9-10-19-16(13-18)12-17(14-24-19)20(22)21-11-5-8-15-6-3-2-4-7-15/h2-4,6-7,9-10,13,17H,5,8,11-12,14H2,1H3,(H,21,22)/t17-/m0/s1. The van der Waals surface area contributed by atoms with Crippen LogP contribution in [0.15, 0.2) is 48.5 Å². The number of nitrogens with one attached hydrogen (secondary N) is 1. The van der Waals surface area contributed by atoms with Gasteiger partial charge in [-0.3, -0.25) is 4.79 Å². The second-order valence-electron chi connectivity index (χ2n) is 6.07. The zero-order valence-electron chi connectivity index (χ0n) is 14.0. The first-order valence-corrected chi connectivity index (χ1v) is 8.37. The maximum Gasteiger partial charge on any atom is 0.226 e. The second-order valence-corrected chi connectivity index (χ2v) is 6.07. The van der Waals surface area contributed by atoms with E-state index < -0.39 is 0 Å². The molecule has 1 N–H and O–H groups in total. The van der Waals surface area contributed by atoms with Crippen LogP contribution in [-0.2, 0) is 17.6 Å². The van der Waals surface area contributed by atoms with Crippen molar-refractivity contribution >= 4 is 5.91 Å². The van der Waals surface area contributed by atoms with Crippen molar-refractivity contribution in [2.24, 2.45) is 5.92 Å². The fourth-order valence-corrected chi connectivity index (χ4v) is 2.96. The van der Waals surface area contributed by atoms with Crippen LogP contribution >= 0.6 is 0 Å². The monoisotopic (exact) mass is 325 g/mol. The van der Waals surface area contributed by atoms with Crippen molar-refractivity contribution in [1.82, 2.24) is 5.32 Å². The molecule has 1 atom stereocenters. The first-order chi connectivity index (χ1) is 11.8. The number of hydrogen-bond donors (Lipinski definition) is 1. The van der Waals surface area contributed by atoms with E-state index in [1.807, 2.05) is 36.4 Å². The lowest BCUT2D eigenvalue weighted by Gasteiger charge is -2.25. The molecule has 0 unspecified atom stereocenters. The van der Waals surface area contributed by atoms with Crippen LogP contribution in [0.1, 0.15) is 17.5 Å². The van der Waals surface area contributed by atoms with E-state index in [0.717, 1.165) is 29.9 Å². The summed E-state index contributed by atoms with van der Waals surface area (Å²) in [5, 5.41) is 3.03. The summed E-state index contributed by atoms with van der Waals surface area (Å²) in [7, 11) is 1.64. The Morgan fingerprint density at radius 2 is 2.08 bits per heavy atom. The van der Waals surface area contributed by atoms with Gasteiger partial charge < -0.3 is 14.8 Å². The Morgan fingerprint density at radius 3 is 2.88 bits per heavy atom. The van der Waals surface area contributed by atoms with E-state index in [2.05, 4.69) is 17.4 Å². The number of carbonyl (C=O) groups is 1. The van der Waals surface area contributed by atoms with Crippen LogP contribution in [0.25, 0.3) is 0 Å². The average Bonchev–Trinajstić information content (AvgIpc) is 2.65. The zero-order chi connectivity index (χ0) is 16.8. The summed E-state index contributed by atoms with van der Waals surface area (Å²) in [6.07, 6.45) is 2.60. The van der Waals surface area contributed by atoms with Crippen LogP contribution in [0.2, 0.25) is 0 Å². The summed E-state index contributed by atoms with van der Waals surface area (Å²) in [5.74, 6) is 1.57. The van der Waals surface area contributed by atoms with Gasteiger partial charge in [0.05, 0.1) is 13.0 Å². The van der Waals surface area contributed by atoms with Gasteiger partial charge in [-0.1, -0.05) is 30.3 Å². The quantitative estimate of drug-likeness (QED) is 0.831. The Balaban J connectivity index is 1.47. The molecule has 0 spiro atoms. The third-order valence-corrected chi connectivity index (χ3v) is 4.33. The van der Waals surface area contributed by atoms with Crippen LogP contribution in [-0.4, -0.2) is 26.2 Å². The predicted octanol–water partition coefficient (Wildman–Crippen LogP) is 3.00. The molecule has 3 rings (SSSR count). The van der Waals surface area contributed by atoms with Gasteiger partial charge in [0.1, 0.15) is 18.1 Å². The minimum atomic E-state index is -0.138. The largest absolute Gasteiger partial charge is 0.497 e. The number of fused-ring (bicyclic) bond motifs is 1. The SMILES string of the molecule is COc1ccc2c(c1)C[C@H](C(=O)NCCCc1ccccc1)CO2. The highest BCUT2D eigenvalue weighted by atomic mass is 16.5. The van der Waals surface area contributed by atoms with Gasteiger partial charge in [0, 0.05) is 6.54 Å². The highest BCUT2D eigenvalue weighted by Crippen LogP contribution is 2.30. The van der Waals surface area contributed by atoms with Gasteiger partial charge >= 0.3 is 0 Å². The number of rotatable bonds is 6. The summed E-state index contributed by atoms with van der Waals surface area (Å²) in [6, 6.07) is 16.1. The lowest BCUT2D eigenvalue weighted by atomic mass is 9.95. The number of benzene rings is 2. The molecule has 126 valence electrons. The molecule has 24 heavy (non-hydrogen) atoms. The van der Waals surface area contributed by atoms with E-state index >= 15 is 0 Å². The molecule has 1 aliphatic heterocycles. The van der Waals surface area contributed by atoms with E-state index in [1.165, 1.54) is 5.56 Å². The Hall–Kier alpha value is -2.49. The molecule has 1 aliphatic rings. The summed E-state index contributed by atoms with van der Waals surface area (Å²) in [6.45, 7) is 1.12. The summed E-state index contributed by atoms with van der Waals surface area (Å²) < 4.78 is 11.0. The molecule has 0 fully saturated rings. The molecule has 0 radical (unpaired) electrons. The van der Waals surface area contributed by atoms with Crippen molar-refractivity contribution in [2.75, 3.05) is 20.3 Å². The molecule has 1 amide bonds. The van der Waals surface area contributed by atoms with Crippen LogP contribution < -0.4 is 14.8 Å². The van der Waals surface area contributed by atoms with Crippen molar-refractivity contribution in [2.45, 2.75) is 19.3 Å². The minimum absolute atomic E-state index is 0.0662. The van der Waals surface area contributed by atoms with E-state index in [0.29, 0.717) is 19.6 Å². The molecule has 0 bridgehead atoms. The van der Waals surface area contributed by atoms with Gasteiger partial charge in [0.2, 0.25) is 5.91 Å². The molecule has 2 aromatic rings. The van der Waals surface area contributed by atoms with Crippen molar-refractivity contribution in [3.63, 3.8) is 0 Å². The van der Waals surface area contributed by atoms with Crippen molar-refractivity contribution < 1.29 is 14.3 Å². The van der Waals surface area contributed by atoms with E-state index in [-0.39, 0.29) is 11.8 Å². The van der Waals surface area contributed by atoms with E-state index in [4.69, 9.17) is 9.47 Å². The predicted molar refractivity (Wildman–Crippen MR) is 93.5 cm³/mol. The molecular formula is C20H23NO3. The minimum Gasteiger partial charge on any atom is -0.497 e. The number of carbonyl (C=O) groups excluding carboxylic acids is 1. The fraction of sp³-hybridized carbons (Fsp3) is 0.350. The van der Waals surface area contributed by atoms with Crippen LogP contribution in [0, 0.1) is 5.92 Å². The van der Waals surface area contributed by atoms with Gasteiger partial charge in [-0.15, -0.1) is 0 Å². The second kappa shape index (κ2) is 7.86. The highest BCUT2D eigenvalue weighted by Gasteiger charge is 2.26. The molecule has 4 nitrogen and oxygen atoms in total. The first-order valence-electron chi connectivity index (χ1n) is 8.37. The van der Waals surface area contributed by atoms with Gasteiger partial charge in [0.25, 0.3) is 0 Å². The lowest BCUT2D eigenvalue weighted by Crippen LogP contribution is -2.37. The Kier molecular flexibility index (Phi) is 5.36. The number of hydrogen-bond acceptors (Lipinski definition) is 3. The highest BCUT2D eigenvalue weighted by molar-refractivity contribution is 5.79. The molecule has 0 aromatic heterocycles. The molecule has 2 aromatic carbocycles. The van der Waals surface area contributed by atoms with Crippen LogP contribution in [0.5, 0.6) is 11.5 Å². The van der Waals surface area contributed by atoms with E-state index in [1.54, 1.807) is 7.11 Å². The van der Waals surface area contributed by atoms with Crippen molar-refractivity contribution in [1.29, 1.82) is 0 Å². The van der Waals surface area contributed by atoms with Gasteiger partial charge in [0.15, 0.2) is 0 Å². The number of methoxy groups -OCH3 is 1. The summed E-state index contributed by atoms with van der Waals surface area (Å²) >= 11 is 0. The first kappa shape index (κ1) is 16.4. The zero-order valence-corrected chi connectivity index (χ0v) is 14.0. The fourth-order valence-electron chi connectivity index (χ4n) is 2.96. The summed E-state index contributed by atoms with van der Waals surface area (Å²) in [5.41, 5.74) is 2.33. The number of ether oxygens (including phenoxy) is 2. The van der Waals surface area contributed by atoms with Gasteiger partial charge in [-0.05, 0) is 48.6 Å². The summed E-state index contributed by atoms with van der Waals surface area (Å²) in [4.78, 5) is 12.4. The Labute approximate surface area is 142 Å². The Morgan fingerprint density at radius 1 is 1.25 bits per heavy atom.